The van der Waals surface area contributed by atoms with E-state index in [1.807, 2.05) is 38.1 Å². The summed E-state index contributed by atoms with van der Waals surface area (Å²) in [6.07, 6.45) is 0.437. The van der Waals surface area contributed by atoms with Gasteiger partial charge < -0.3 is 15.2 Å². The van der Waals surface area contributed by atoms with Gasteiger partial charge in [-0.15, -0.1) is 0 Å². The van der Waals surface area contributed by atoms with Crippen LogP contribution in [0.5, 0.6) is 5.75 Å². The fraction of sp³-hybridized carbons (Fsp3) is 0.227. The molecule has 7 nitrogen and oxygen atoms in total. The van der Waals surface area contributed by atoms with Crippen LogP contribution < -0.4 is 10.5 Å². The summed E-state index contributed by atoms with van der Waals surface area (Å²) in [5.74, 6) is 0.188. The SMILES string of the molecule is CC[C@@H](C)OC(=O)c1c(N)n(-c2ccc(OC)c(Cl)c2)c2nc3ccccc3nc12. The van der Waals surface area contributed by atoms with Gasteiger partial charge in [-0.2, -0.15) is 0 Å². The van der Waals surface area contributed by atoms with Crippen molar-refractivity contribution in [2.45, 2.75) is 26.4 Å². The number of benzene rings is 2. The predicted molar refractivity (Wildman–Crippen MR) is 118 cm³/mol. The van der Waals surface area contributed by atoms with E-state index in [4.69, 9.17) is 31.8 Å². The number of ether oxygens (including phenoxy) is 2. The molecule has 2 aromatic carbocycles. The minimum atomic E-state index is -0.533. The van der Waals surface area contributed by atoms with Gasteiger partial charge in [-0.05, 0) is 43.7 Å². The first kappa shape index (κ1) is 20.0. The molecule has 4 aromatic rings. The van der Waals surface area contributed by atoms with Crippen LogP contribution in [-0.2, 0) is 4.74 Å². The van der Waals surface area contributed by atoms with Gasteiger partial charge in [-0.25, -0.2) is 14.8 Å². The Labute approximate surface area is 178 Å². The highest BCUT2D eigenvalue weighted by Crippen LogP contribution is 2.34. The molecule has 0 saturated heterocycles. The maximum Gasteiger partial charge on any atom is 0.344 e. The molecule has 8 heteroatoms. The number of para-hydroxylation sites is 2. The predicted octanol–water partition coefficient (Wildman–Crippen LogP) is 4.77. The van der Waals surface area contributed by atoms with Crippen LogP contribution in [0.25, 0.3) is 27.9 Å². The molecular formula is C22H21ClN4O3. The normalized spacial score (nSPS) is 12.3. The van der Waals surface area contributed by atoms with Crippen molar-refractivity contribution in [3.63, 3.8) is 0 Å². The molecule has 4 rings (SSSR count). The quantitative estimate of drug-likeness (QED) is 0.464. The van der Waals surface area contributed by atoms with Crippen LogP contribution in [0.3, 0.4) is 0 Å². The van der Waals surface area contributed by atoms with Crippen LogP contribution >= 0.6 is 11.6 Å². The van der Waals surface area contributed by atoms with Gasteiger partial charge in [0.2, 0.25) is 0 Å². The summed E-state index contributed by atoms with van der Waals surface area (Å²) in [7, 11) is 1.54. The van der Waals surface area contributed by atoms with E-state index < -0.39 is 5.97 Å². The van der Waals surface area contributed by atoms with Crippen LogP contribution in [0.15, 0.2) is 42.5 Å². The Hall–Kier alpha value is -3.32. The van der Waals surface area contributed by atoms with Crippen LogP contribution in [0.1, 0.15) is 30.6 Å². The largest absolute Gasteiger partial charge is 0.495 e. The Bertz CT molecular complexity index is 1270. The summed E-state index contributed by atoms with van der Waals surface area (Å²) in [6, 6.07) is 12.7. The summed E-state index contributed by atoms with van der Waals surface area (Å²) in [5, 5.41) is 0.411. The van der Waals surface area contributed by atoms with Crippen molar-refractivity contribution in [3.8, 4) is 11.4 Å². The molecule has 2 aromatic heterocycles. The number of nitrogens with zero attached hydrogens (tertiary/aromatic N) is 3. The van der Waals surface area contributed by atoms with Crippen molar-refractivity contribution in [2.75, 3.05) is 12.8 Å². The summed E-state index contributed by atoms with van der Waals surface area (Å²) in [4.78, 5) is 22.4. The second-order valence-electron chi connectivity index (χ2n) is 6.92. The highest BCUT2D eigenvalue weighted by Gasteiger charge is 2.27. The topological polar surface area (TPSA) is 92.3 Å². The van der Waals surface area contributed by atoms with Gasteiger partial charge in [0.05, 0.1) is 35.0 Å². The summed E-state index contributed by atoms with van der Waals surface area (Å²) < 4.78 is 12.4. The number of methoxy groups -OCH3 is 1. The number of carbonyl (C=O) groups is 1. The average Bonchev–Trinajstić information content (AvgIpc) is 3.02. The van der Waals surface area contributed by atoms with Gasteiger partial charge in [0.25, 0.3) is 0 Å². The smallest absolute Gasteiger partial charge is 0.344 e. The zero-order valence-electron chi connectivity index (χ0n) is 16.8. The zero-order valence-corrected chi connectivity index (χ0v) is 17.6. The zero-order chi connectivity index (χ0) is 21.4. The summed E-state index contributed by atoms with van der Waals surface area (Å²) in [5.41, 5.74) is 9.46. The number of anilines is 1. The molecule has 0 radical (unpaired) electrons. The lowest BCUT2D eigenvalue weighted by Crippen LogP contribution is -2.15. The van der Waals surface area contributed by atoms with E-state index in [9.17, 15) is 4.79 Å². The number of aromatic nitrogens is 3. The van der Waals surface area contributed by atoms with E-state index in [-0.39, 0.29) is 17.5 Å². The molecule has 2 N–H and O–H groups in total. The molecule has 0 spiro atoms. The van der Waals surface area contributed by atoms with Crippen molar-refractivity contribution < 1.29 is 14.3 Å². The van der Waals surface area contributed by atoms with Crippen LogP contribution in [-0.4, -0.2) is 33.7 Å². The van der Waals surface area contributed by atoms with Gasteiger partial charge in [0.15, 0.2) is 5.65 Å². The van der Waals surface area contributed by atoms with Gasteiger partial charge in [0, 0.05) is 0 Å². The minimum absolute atomic E-state index is 0.190. The monoisotopic (exact) mass is 424 g/mol. The van der Waals surface area contributed by atoms with Crippen LogP contribution in [0.2, 0.25) is 5.02 Å². The lowest BCUT2D eigenvalue weighted by Gasteiger charge is -2.12. The molecule has 154 valence electrons. The molecule has 0 saturated carbocycles. The molecule has 1 atom stereocenters. The Kier molecular flexibility index (Phi) is 5.22. The second-order valence-corrected chi connectivity index (χ2v) is 7.33. The highest BCUT2D eigenvalue weighted by atomic mass is 35.5. The second kappa shape index (κ2) is 7.84. The van der Waals surface area contributed by atoms with E-state index in [1.165, 1.54) is 0 Å². The molecular weight excluding hydrogens is 404 g/mol. The Morgan fingerprint density at radius 3 is 2.53 bits per heavy atom. The third kappa shape index (κ3) is 3.31. The molecule has 30 heavy (non-hydrogen) atoms. The van der Waals surface area contributed by atoms with Gasteiger partial charge in [-0.3, -0.25) is 4.57 Å². The number of hydrogen-bond donors (Lipinski definition) is 1. The molecule has 0 aliphatic carbocycles. The fourth-order valence-electron chi connectivity index (χ4n) is 3.24. The molecule has 0 aliphatic heterocycles. The van der Waals surface area contributed by atoms with E-state index >= 15 is 0 Å². The van der Waals surface area contributed by atoms with Gasteiger partial charge in [-0.1, -0.05) is 30.7 Å². The van der Waals surface area contributed by atoms with E-state index in [2.05, 4.69) is 4.98 Å². The van der Waals surface area contributed by atoms with Crippen molar-refractivity contribution in [2.24, 2.45) is 0 Å². The molecule has 0 fully saturated rings. The molecule has 0 amide bonds. The summed E-state index contributed by atoms with van der Waals surface area (Å²) in [6.45, 7) is 3.77. The molecule has 0 bridgehead atoms. The number of fused-ring (bicyclic) bond motifs is 2. The number of hydrogen-bond acceptors (Lipinski definition) is 6. The number of nitrogen functional groups attached to an aromatic ring is 1. The number of esters is 1. The van der Waals surface area contributed by atoms with Crippen LogP contribution in [0, 0.1) is 0 Å². The maximum atomic E-state index is 13.0. The number of rotatable bonds is 5. The lowest BCUT2D eigenvalue weighted by molar-refractivity contribution is 0.0338. The lowest BCUT2D eigenvalue weighted by atomic mass is 10.2. The first-order chi connectivity index (χ1) is 14.4. The minimum Gasteiger partial charge on any atom is -0.495 e. The Balaban J connectivity index is 2.02. The Morgan fingerprint density at radius 2 is 1.90 bits per heavy atom. The van der Waals surface area contributed by atoms with Crippen LogP contribution in [0.4, 0.5) is 5.82 Å². The van der Waals surface area contributed by atoms with E-state index in [0.29, 0.717) is 45.1 Å². The number of carbonyl (C=O) groups excluding carboxylic acids is 1. The van der Waals surface area contributed by atoms with Crippen molar-refractivity contribution in [1.29, 1.82) is 0 Å². The van der Waals surface area contributed by atoms with Crippen molar-refractivity contribution >= 4 is 45.6 Å². The fourth-order valence-corrected chi connectivity index (χ4v) is 3.50. The average molecular weight is 425 g/mol. The number of nitrogens with two attached hydrogens (primary N) is 1. The third-order valence-electron chi connectivity index (χ3n) is 4.98. The first-order valence-electron chi connectivity index (χ1n) is 9.56. The van der Waals surface area contributed by atoms with Crippen molar-refractivity contribution in [1.82, 2.24) is 14.5 Å². The van der Waals surface area contributed by atoms with Crippen molar-refractivity contribution in [3.05, 3.63) is 53.1 Å². The van der Waals surface area contributed by atoms with E-state index in [1.54, 1.807) is 29.9 Å². The standard InChI is InChI=1S/C22H21ClN4O3/c1-4-12(2)30-22(28)18-19-21(26-16-8-6-5-7-15(16)25-19)27(20(18)24)13-9-10-17(29-3)14(23)11-13/h5-12H,4,24H2,1-3H3/t12-/m1/s1. The molecule has 0 aliphatic rings. The maximum absolute atomic E-state index is 13.0. The molecule has 2 heterocycles. The summed E-state index contributed by atoms with van der Waals surface area (Å²) >= 11 is 6.33. The number of halogens is 1. The highest BCUT2D eigenvalue weighted by molar-refractivity contribution is 6.32. The molecule has 0 unspecified atom stereocenters. The Morgan fingerprint density at radius 1 is 1.20 bits per heavy atom. The third-order valence-corrected chi connectivity index (χ3v) is 5.27. The van der Waals surface area contributed by atoms with Gasteiger partial charge in [0.1, 0.15) is 22.6 Å². The van der Waals surface area contributed by atoms with Gasteiger partial charge >= 0.3 is 5.97 Å². The van der Waals surface area contributed by atoms with E-state index in [0.717, 1.165) is 0 Å². The first-order valence-corrected chi connectivity index (χ1v) is 9.94.